The zero-order valence-corrected chi connectivity index (χ0v) is 20.3. The topological polar surface area (TPSA) is 67.6 Å². The average Bonchev–Trinajstić information content (AvgIpc) is 3.08. The second kappa shape index (κ2) is 12.2. The van der Waals surface area contributed by atoms with Crippen LogP contribution in [0.3, 0.4) is 0 Å². The molecular formula is C22H28FIN6O. The lowest BCUT2D eigenvalue weighted by Gasteiger charge is -2.22. The first-order chi connectivity index (χ1) is 14.5. The van der Waals surface area contributed by atoms with E-state index in [0.29, 0.717) is 32.0 Å². The highest BCUT2D eigenvalue weighted by atomic mass is 127. The average molecular weight is 538 g/mol. The van der Waals surface area contributed by atoms with Crippen molar-refractivity contribution in [1.82, 2.24) is 25.0 Å². The van der Waals surface area contributed by atoms with Gasteiger partial charge in [-0.25, -0.2) is 9.38 Å². The van der Waals surface area contributed by atoms with Gasteiger partial charge in [-0.05, 0) is 36.8 Å². The molecule has 31 heavy (non-hydrogen) atoms. The van der Waals surface area contributed by atoms with Crippen LogP contribution in [-0.4, -0.2) is 45.8 Å². The van der Waals surface area contributed by atoms with Gasteiger partial charge in [0.15, 0.2) is 11.8 Å². The zero-order chi connectivity index (χ0) is 21.3. The molecule has 0 spiro atoms. The van der Waals surface area contributed by atoms with Crippen molar-refractivity contribution in [2.45, 2.75) is 20.0 Å². The molecule has 0 aliphatic rings. The second-order valence-electron chi connectivity index (χ2n) is 6.93. The number of aliphatic imine (C=N–C) groups is 1. The number of nitrogens with zero attached hydrogens (tertiary/aromatic N) is 5. The quantitative estimate of drug-likeness (QED) is 0.270. The summed E-state index contributed by atoms with van der Waals surface area (Å²) in [5.41, 5.74) is 1.13. The molecule has 3 rings (SSSR count). The molecule has 0 fully saturated rings. The summed E-state index contributed by atoms with van der Waals surface area (Å²) < 4.78 is 20.7. The van der Waals surface area contributed by atoms with Crippen LogP contribution < -0.4 is 10.1 Å². The fourth-order valence-corrected chi connectivity index (χ4v) is 2.76. The lowest BCUT2D eigenvalue weighted by Crippen LogP contribution is -2.41. The van der Waals surface area contributed by atoms with E-state index in [4.69, 9.17) is 9.73 Å². The van der Waals surface area contributed by atoms with E-state index in [2.05, 4.69) is 15.5 Å². The van der Waals surface area contributed by atoms with Crippen LogP contribution >= 0.6 is 24.0 Å². The summed E-state index contributed by atoms with van der Waals surface area (Å²) in [5.74, 6) is 2.78. The van der Waals surface area contributed by atoms with Gasteiger partial charge < -0.3 is 19.5 Å². The van der Waals surface area contributed by atoms with Crippen molar-refractivity contribution in [2.75, 3.05) is 20.2 Å². The molecule has 0 aliphatic carbocycles. The summed E-state index contributed by atoms with van der Waals surface area (Å²) in [6, 6.07) is 16.1. The van der Waals surface area contributed by atoms with Gasteiger partial charge in [0.05, 0.1) is 19.6 Å². The molecular weight excluding hydrogens is 510 g/mol. The fourth-order valence-electron chi connectivity index (χ4n) is 2.76. The van der Waals surface area contributed by atoms with E-state index in [1.807, 2.05) is 60.8 Å². The Balaban J connectivity index is 0.00000341. The minimum atomic E-state index is -0.280. The first kappa shape index (κ1) is 24.6. The van der Waals surface area contributed by atoms with Crippen LogP contribution in [0.5, 0.6) is 5.75 Å². The van der Waals surface area contributed by atoms with Gasteiger partial charge in [0.1, 0.15) is 24.0 Å². The molecule has 3 aromatic rings. The molecule has 0 bridgehead atoms. The number of aryl methyl sites for hydroxylation is 1. The lowest BCUT2D eigenvalue weighted by molar-refractivity contribution is 0.280. The number of likely N-dealkylation sites (N-methyl/N-ethyl adjacent to an activating group) is 1. The molecule has 2 aromatic carbocycles. The molecule has 9 heteroatoms. The predicted molar refractivity (Wildman–Crippen MR) is 130 cm³/mol. The van der Waals surface area contributed by atoms with Crippen LogP contribution in [0.2, 0.25) is 0 Å². The van der Waals surface area contributed by atoms with Gasteiger partial charge in [0.2, 0.25) is 0 Å². The van der Waals surface area contributed by atoms with E-state index in [-0.39, 0.29) is 29.8 Å². The Morgan fingerprint density at radius 3 is 2.48 bits per heavy atom. The van der Waals surface area contributed by atoms with Gasteiger partial charge in [-0.3, -0.25) is 0 Å². The van der Waals surface area contributed by atoms with Crippen molar-refractivity contribution >= 4 is 29.9 Å². The number of nitrogens with one attached hydrogen (secondary N) is 1. The van der Waals surface area contributed by atoms with Crippen LogP contribution in [0.15, 0.2) is 59.6 Å². The number of halogens is 2. The Morgan fingerprint density at radius 1 is 1.13 bits per heavy atom. The van der Waals surface area contributed by atoms with Gasteiger partial charge in [-0.1, -0.05) is 30.3 Å². The van der Waals surface area contributed by atoms with E-state index in [0.717, 1.165) is 23.2 Å². The third-order valence-electron chi connectivity index (χ3n) is 4.71. The summed E-state index contributed by atoms with van der Waals surface area (Å²) in [5, 5.41) is 11.7. The van der Waals surface area contributed by atoms with Crippen molar-refractivity contribution in [3.8, 4) is 5.75 Å². The summed E-state index contributed by atoms with van der Waals surface area (Å²) >= 11 is 0. The van der Waals surface area contributed by atoms with Crippen LogP contribution in [0.25, 0.3) is 0 Å². The first-order valence-corrected chi connectivity index (χ1v) is 9.79. The number of hydrogen-bond acceptors (Lipinski definition) is 4. The molecule has 7 nitrogen and oxygen atoms in total. The zero-order valence-electron chi connectivity index (χ0n) is 18.0. The van der Waals surface area contributed by atoms with E-state index >= 15 is 0 Å². The van der Waals surface area contributed by atoms with Gasteiger partial charge in [-0.15, -0.1) is 34.2 Å². The van der Waals surface area contributed by atoms with Crippen molar-refractivity contribution in [2.24, 2.45) is 12.0 Å². The third-order valence-corrected chi connectivity index (χ3v) is 4.71. The monoisotopic (exact) mass is 538 g/mol. The highest BCUT2D eigenvalue weighted by Gasteiger charge is 2.10. The SMILES string of the molecule is Cc1nnc(CNC(=NCc2ccccc2)N(C)CCOc2ccc(F)cc2)n1C.I. The molecule has 166 valence electrons. The van der Waals surface area contributed by atoms with Crippen LogP contribution in [-0.2, 0) is 20.1 Å². The standard InChI is InChI=1S/C22H27FN6O.HI/c1-17-26-27-21(29(17)3)16-25-22(24-15-18-7-5-4-6-8-18)28(2)13-14-30-20-11-9-19(23)10-12-20;/h4-12H,13-16H2,1-3H3,(H,24,25);1H. The Morgan fingerprint density at radius 2 is 1.84 bits per heavy atom. The maximum Gasteiger partial charge on any atom is 0.194 e. The highest BCUT2D eigenvalue weighted by molar-refractivity contribution is 14.0. The predicted octanol–water partition coefficient (Wildman–Crippen LogP) is 3.54. The summed E-state index contributed by atoms with van der Waals surface area (Å²) in [6.45, 7) is 4.03. The molecule has 0 atom stereocenters. The third kappa shape index (κ3) is 7.50. The number of rotatable bonds is 8. The van der Waals surface area contributed by atoms with Crippen LogP contribution in [0, 0.1) is 12.7 Å². The van der Waals surface area contributed by atoms with E-state index in [1.165, 1.54) is 12.1 Å². The largest absolute Gasteiger partial charge is 0.492 e. The molecule has 0 saturated carbocycles. The Labute approximate surface area is 199 Å². The molecule has 0 amide bonds. The lowest BCUT2D eigenvalue weighted by atomic mass is 10.2. The summed E-state index contributed by atoms with van der Waals surface area (Å²) in [4.78, 5) is 6.75. The van der Waals surface area contributed by atoms with Gasteiger partial charge in [0.25, 0.3) is 0 Å². The minimum absolute atomic E-state index is 0. The Bertz CT molecular complexity index is 962. The Hall–Kier alpha value is -2.69. The van der Waals surface area contributed by atoms with Crippen molar-refractivity contribution in [3.63, 3.8) is 0 Å². The number of benzene rings is 2. The van der Waals surface area contributed by atoms with Gasteiger partial charge in [-0.2, -0.15) is 0 Å². The van der Waals surface area contributed by atoms with Crippen molar-refractivity contribution in [1.29, 1.82) is 0 Å². The molecule has 0 aliphatic heterocycles. The maximum absolute atomic E-state index is 13.0. The van der Waals surface area contributed by atoms with Crippen LogP contribution in [0.1, 0.15) is 17.2 Å². The van der Waals surface area contributed by atoms with Gasteiger partial charge in [0, 0.05) is 14.1 Å². The first-order valence-electron chi connectivity index (χ1n) is 9.79. The number of aromatic nitrogens is 3. The van der Waals surface area contributed by atoms with Gasteiger partial charge >= 0.3 is 0 Å². The smallest absolute Gasteiger partial charge is 0.194 e. The fraction of sp³-hybridized carbons (Fsp3) is 0.318. The van der Waals surface area contributed by atoms with E-state index in [1.54, 1.807) is 12.1 Å². The Kier molecular flexibility index (Phi) is 9.70. The number of guanidine groups is 1. The molecule has 1 heterocycles. The molecule has 0 saturated heterocycles. The van der Waals surface area contributed by atoms with Crippen molar-refractivity contribution in [3.05, 3.63) is 77.6 Å². The maximum atomic E-state index is 13.0. The second-order valence-corrected chi connectivity index (χ2v) is 6.93. The molecule has 0 unspecified atom stereocenters. The number of hydrogen-bond donors (Lipinski definition) is 1. The van der Waals surface area contributed by atoms with E-state index in [9.17, 15) is 4.39 Å². The van der Waals surface area contributed by atoms with E-state index < -0.39 is 0 Å². The molecule has 1 aromatic heterocycles. The van der Waals surface area contributed by atoms with Crippen LogP contribution in [0.4, 0.5) is 4.39 Å². The normalized spacial score (nSPS) is 11.0. The highest BCUT2D eigenvalue weighted by Crippen LogP contribution is 2.11. The molecule has 0 radical (unpaired) electrons. The molecule has 1 N–H and O–H groups in total. The minimum Gasteiger partial charge on any atom is -0.492 e. The number of ether oxygens (including phenoxy) is 1. The van der Waals surface area contributed by atoms with Crippen molar-refractivity contribution < 1.29 is 9.13 Å². The summed E-state index contributed by atoms with van der Waals surface area (Å²) in [7, 11) is 3.89. The summed E-state index contributed by atoms with van der Waals surface area (Å²) in [6.07, 6.45) is 0.